The maximum atomic E-state index is 12.3. The van der Waals surface area contributed by atoms with E-state index in [0.717, 1.165) is 5.92 Å². The van der Waals surface area contributed by atoms with E-state index in [2.05, 4.69) is 59.1 Å². The Morgan fingerprint density at radius 3 is 1.22 bits per heavy atom. The molecule has 0 spiro atoms. The number of alkyl halides is 2. The highest BCUT2D eigenvalue weighted by atomic mass is 31.2. The molecule has 4 nitrogen and oxygen atoms in total. The molecule has 0 saturated heterocycles. The lowest BCUT2D eigenvalue weighted by Gasteiger charge is -2.39. The summed E-state index contributed by atoms with van der Waals surface area (Å²) in [6.07, 6.45) is 34.5. The van der Waals surface area contributed by atoms with Gasteiger partial charge in [0, 0.05) is 0 Å². The summed E-state index contributed by atoms with van der Waals surface area (Å²) < 4.78 is 42.8. The fourth-order valence-electron chi connectivity index (χ4n) is 6.08. The van der Waals surface area contributed by atoms with E-state index in [4.69, 9.17) is 4.89 Å². The first-order chi connectivity index (χ1) is 22.0. The van der Waals surface area contributed by atoms with Crippen molar-refractivity contribution in [1.82, 2.24) is 0 Å². The fourth-order valence-corrected chi connectivity index (χ4v) is 7.55. The van der Waals surface area contributed by atoms with E-state index in [1.807, 2.05) is 0 Å². The Kier molecular flexibility index (Phi) is 34.8. The molecular formula is C38H76F2O4P2. The van der Waals surface area contributed by atoms with Gasteiger partial charge in [0.25, 0.3) is 0 Å². The maximum absolute atomic E-state index is 12.3. The van der Waals surface area contributed by atoms with Crippen LogP contribution in [-0.4, -0.2) is 22.8 Å². The zero-order valence-corrected chi connectivity index (χ0v) is 32.7. The number of rotatable bonds is 33. The SMILES string of the molecule is C=CC(F)OP(=O)(O)OC(F)C=C.CCCCCCCCCCCCC(CCCCCC)C(P)(CCCCCC)CCCCCC. The number of hydrogen-bond acceptors (Lipinski definition) is 3. The summed E-state index contributed by atoms with van der Waals surface area (Å²) in [5.41, 5.74) is 0. The van der Waals surface area contributed by atoms with Crippen molar-refractivity contribution in [3.8, 4) is 0 Å². The van der Waals surface area contributed by atoms with E-state index in [1.54, 1.807) is 0 Å². The Morgan fingerprint density at radius 1 is 0.609 bits per heavy atom. The van der Waals surface area contributed by atoms with Crippen LogP contribution in [-0.2, 0) is 13.6 Å². The van der Waals surface area contributed by atoms with Crippen LogP contribution >= 0.6 is 17.1 Å². The van der Waals surface area contributed by atoms with Gasteiger partial charge in [-0.3, -0.25) is 0 Å². The zero-order chi connectivity index (χ0) is 34.9. The standard InChI is InChI=1S/C32H67P.C6H9F2O4P/c1-5-9-13-17-18-19-20-21-22-24-28-31(27-23-14-10-6-2)32(33,29-25-15-11-7-3)30-26-16-12-8-4;1-3-5(7)11-13(9,10)12-6(8)4-2/h31H,5-30,33H2,1-4H3;3-6H,1-2H2,(H,9,10). The molecule has 0 aliphatic carbocycles. The van der Waals surface area contributed by atoms with E-state index >= 15 is 0 Å². The molecule has 4 unspecified atom stereocenters. The van der Waals surface area contributed by atoms with Gasteiger partial charge in [-0.1, -0.05) is 182 Å². The molecule has 0 saturated carbocycles. The summed E-state index contributed by atoms with van der Waals surface area (Å²) in [5, 5.41) is 0.521. The average molecular weight is 697 g/mol. The normalized spacial score (nSPS) is 15.0. The minimum absolute atomic E-state index is 0.521. The van der Waals surface area contributed by atoms with Crippen molar-refractivity contribution in [1.29, 1.82) is 0 Å². The van der Waals surface area contributed by atoms with Gasteiger partial charge in [0.2, 0.25) is 12.7 Å². The molecule has 0 fully saturated rings. The number of hydrogen-bond donors (Lipinski definition) is 1. The highest BCUT2D eigenvalue weighted by Gasteiger charge is 2.32. The van der Waals surface area contributed by atoms with E-state index in [0.29, 0.717) is 17.3 Å². The molecule has 0 aromatic rings. The van der Waals surface area contributed by atoms with Gasteiger partial charge in [-0.25, -0.2) is 22.4 Å². The van der Waals surface area contributed by atoms with Gasteiger partial charge in [0.15, 0.2) is 0 Å². The third-order valence-corrected chi connectivity index (χ3v) is 10.9. The van der Waals surface area contributed by atoms with Crippen molar-refractivity contribution in [3.63, 3.8) is 0 Å². The molecule has 1 N–H and O–H groups in total. The second kappa shape index (κ2) is 33.4. The first kappa shape index (κ1) is 48.0. The lowest BCUT2D eigenvalue weighted by atomic mass is 9.77. The Labute approximate surface area is 287 Å². The predicted molar refractivity (Wildman–Crippen MR) is 201 cm³/mol. The van der Waals surface area contributed by atoms with Crippen LogP contribution in [0.15, 0.2) is 25.3 Å². The van der Waals surface area contributed by atoms with Crippen LogP contribution in [0.3, 0.4) is 0 Å². The first-order valence-electron chi connectivity index (χ1n) is 19.1. The highest BCUT2D eigenvalue weighted by molar-refractivity contribution is 7.47. The summed E-state index contributed by atoms with van der Waals surface area (Å²) in [5.74, 6) is 0.941. The topological polar surface area (TPSA) is 55.8 Å². The van der Waals surface area contributed by atoms with Crippen LogP contribution in [0.1, 0.15) is 195 Å². The fraction of sp³-hybridized carbons (Fsp3) is 0.895. The third kappa shape index (κ3) is 30.0. The monoisotopic (exact) mass is 697 g/mol. The summed E-state index contributed by atoms with van der Waals surface area (Å²) in [6, 6.07) is 0. The summed E-state index contributed by atoms with van der Waals surface area (Å²) >= 11 is 0. The molecule has 8 heteroatoms. The average Bonchev–Trinajstić information content (AvgIpc) is 3.03. The van der Waals surface area contributed by atoms with Gasteiger partial charge in [0.05, 0.1) is 0 Å². The molecule has 0 radical (unpaired) electrons. The van der Waals surface area contributed by atoms with Crippen LogP contribution < -0.4 is 0 Å². The Bertz CT molecular complexity index is 693. The molecular weight excluding hydrogens is 620 g/mol. The number of phosphoric ester groups is 1. The van der Waals surface area contributed by atoms with Crippen molar-refractivity contribution in [3.05, 3.63) is 25.3 Å². The minimum atomic E-state index is -4.73. The van der Waals surface area contributed by atoms with Crippen molar-refractivity contribution in [2.45, 2.75) is 213 Å². The number of halogens is 2. The van der Waals surface area contributed by atoms with E-state index in [1.165, 1.54) is 167 Å². The molecule has 0 aromatic heterocycles. The molecule has 0 aromatic carbocycles. The van der Waals surface area contributed by atoms with Crippen LogP contribution in [0.4, 0.5) is 8.78 Å². The molecule has 0 aliphatic rings. The van der Waals surface area contributed by atoms with Crippen molar-refractivity contribution >= 4 is 17.1 Å². The van der Waals surface area contributed by atoms with Gasteiger partial charge < -0.3 is 4.89 Å². The third-order valence-electron chi connectivity index (χ3n) is 8.96. The minimum Gasteiger partial charge on any atom is -0.302 e. The quantitative estimate of drug-likeness (QED) is 0.0422. The number of unbranched alkanes of at least 4 members (excludes halogenated alkanes) is 18. The van der Waals surface area contributed by atoms with E-state index < -0.39 is 20.5 Å². The zero-order valence-electron chi connectivity index (χ0n) is 30.6. The van der Waals surface area contributed by atoms with Gasteiger partial charge in [-0.2, -0.15) is 0 Å². The van der Waals surface area contributed by atoms with Gasteiger partial charge in [-0.05, 0) is 48.9 Å². The molecule has 0 amide bonds. The van der Waals surface area contributed by atoms with Crippen molar-refractivity contribution < 1.29 is 27.3 Å². The molecule has 4 atom stereocenters. The van der Waals surface area contributed by atoms with E-state index in [9.17, 15) is 13.3 Å². The Balaban J connectivity index is 0. The Morgan fingerprint density at radius 2 is 0.891 bits per heavy atom. The lowest BCUT2D eigenvalue weighted by Crippen LogP contribution is -2.32. The lowest BCUT2D eigenvalue weighted by molar-refractivity contribution is 0.0167. The number of phosphoric acid groups is 1. The predicted octanol–water partition coefficient (Wildman–Crippen LogP) is 14.5. The van der Waals surface area contributed by atoms with Crippen LogP contribution in [0, 0.1) is 5.92 Å². The summed E-state index contributed by atoms with van der Waals surface area (Å²) in [6.45, 7) is 15.2. The van der Waals surface area contributed by atoms with E-state index in [-0.39, 0.29) is 0 Å². The molecule has 276 valence electrons. The van der Waals surface area contributed by atoms with Gasteiger partial charge >= 0.3 is 7.82 Å². The molecule has 0 aliphatic heterocycles. The molecule has 0 bridgehead atoms. The van der Waals surface area contributed by atoms with Crippen molar-refractivity contribution in [2.24, 2.45) is 5.92 Å². The second-order valence-corrected chi connectivity index (χ2v) is 15.7. The molecule has 0 rings (SSSR count). The van der Waals surface area contributed by atoms with Crippen molar-refractivity contribution in [2.75, 3.05) is 0 Å². The molecule has 0 heterocycles. The summed E-state index contributed by atoms with van der Waals surface area (Å²) in [7, 11) is -1.25. The van der Waals surface area contributed by atoms with Gasteiger partial charge in [0.1, 0.15) is 0 Å². The van der Waals surface area contributed by atoms with Crippen LogP contribution in [0.2, 0.25) is 0 Å². The second-order valence-electron chi connectivity index (χ2n) is 13.2. The highest BCUT2D eigenvalue weighted by Crippen LogP contribution is 2.46. The maximum Gasteiger partial charge on any atom is 0.477 e. The first-order valence-corrected chi connectivity index (χ1v) is 21.1. The Hall–Kier alpha value is -0.120. The largest absolute Gasteiger partial charge is 0.477 e. The van der Waals surface area contributed by atoms with Crippen LogP contribution in [0.25, 0.3) is 0 Å². The smallest absolute Gasteiger partial charge is 0.302 e. The molecule has 46 heavy (non-hydrogen) atoms. The summed E-state index contributed by atoms with van der Waals surface area (Å²) in [4.78, 5) is 8.65. The van der Waals surface area contributed by atoms with Crippen LogP contribution in [0.5, 0.6) is 0 Å². The van der Waals surface area contributed by atoms with Gasteiger partial charge in [-0.15, -0.1) is 9.24 Å².